The lowest BCUT2D eigenvalue weighted by atomic mass is 10.1. The largest absolute Gasteiger partial charge is 0.394 e. The molecule has 0 spiro atoms. The predicted molar refractivity (Wildman–Crippen MR) is 262 cm³/mol. The molecule has 2 amide bonds. The quantitative estimate of drug-likeness (QED) is 0.0869. The standard InChI is InChI=1S/C18H17FN5O4P.C17H15FN5O5P.C5H5N.2CH4.H3N.2H2S/c1-2-11-14(28-29-26)12(19)18(27-11)24-9-22-13-15(20-8-21-16(13)24)23-17(25)10-6-4-3-5-7-10;18-11-13(28-29-26)10(6-24)27-17(11)23-8-21-12-14(19-7-20-15(12)23)22-16(25)9-4-2-1-3-5-9;1-2-4-6-5-3-1;;;;;/h3-9,11-12,14,18H,2H2,1H3,(H,20,21,23,25);1-5,7-8,10-11,13,17,24H,6H2,(H,19,20,22,25);1-5H;2*1H4;1H3;2*1H2/p+1/t11-,12+,14-,18-;10-,11+,13-,17-;;;;;;/m11....../s1. The van der Waals surface area contributed by atoms with E-state index in [1.807, 2.05) is 43.6 Å². The smallest absolute Gasteiger partial charge is 0.327 e. The van der Waals surface area contributed by atoms with E-state index in [1.165, 1.54) is 34.4 Å². The Morgan fingerprint density at radius 3 is 1.45 bits per heavy atom. The van der Waals surface area contributed by atoms with Crippen LogP contribution in [-0.4, -0.2) is 99.3 Å². The Labute approximate surface area is 412 Å². The highest BCUT2D eigenvalue weighted by atomic mass is 32.1. The van der Waals surface area contributed by atoms with Crippen molar-refractivity contribution in [1.82, 2.24) is 45.2 Å². The number of anilines is 2. The van der Waals surface area contributed by atoms with Crippen LogP contribution in [0, 0.1) is 0 Å². The number of hydrogen-bond acceptors (Lipinski definition) is 16. The zero-order valence-electron chi connectivity index (χ0n) is 35.2. The first-order chi connectivity index (χ1) is 31.3. The maximum Gasteiger partial charge on any atom is 0.327 e. The Balaban J connectivity index is 0.000000396. The zero-order chi connectivity index (χ0) is 45.0. The van der Waals surface area contributed by atoms with Crippen molar-refractivity contribution in [3.63, 3.8) is 0 Å². The fourth-order valence-electron chi connectivity index (χ4n) is 6.80. The van der Waals surface area contributed by atoms with E-state index < -0.39 is 73.2 Å². The molecule has 0 aliphatic carbocycles. The molecular formula is C42H53F2N12O9P2S2+. The molecule has 7 heterocycles. The number of nitrogens with zero attached hydrogens (tertiary/aromatic N) is 8. The van der Waals surface area contributed by atoms with Gasteiger partial charge in [-0.25, -0.2) is 52.8 Å². The molecule has 2 aromatic carbocycles. The van der Waals surface area contributed by atoms with E-state index in [-0.39, 0.29) is 82.6 Å². The summed E-state index contributed by atoms with van der Waals surface area (Å²) in [6, 6.07) is 23.1. The van der Waals surface area contributed by atoms with Crippen LogP contribution in [0.15, 0.2) is 117 Å². The molecule has 0 radical (unpaired) electrons. The van der Waals surface area contributed by atoms with Crippen molar-refractivity contribution >= 4 is 90.1 Å². The van der Waals surface area contributed by atoms with E-state index >= 15 is 0 Å². The minimum Gasteiger partial charge on any atom is -0.394 e. The molecule has 2 saturated heterocycles. The lowest BCUT2D eigenvalue weighted by Gasteiger charge is -2.15. The van der Waals surface area contributed by atoms with Gasteiger partial charge in [-0.2, -0.15) is 27.0 Å². The zero-order valence-corrected chi connectivity index (χ0v) is 38.9. The molecule has 8 atom stereocenters. The summed E-state index contributed by atoms with van der Waals surface area (Å²) in [6.07, 6.45) is 0.0285. The molecule has 0 saturated carbocycles. The molecule has 27 heteroatoms. The van der Waals surface area contributed by atoms with Gasteiger partial charge >= 0.3 is 17.4 Å². The van der Waals surface area contributed by atoms with Crippen molar-refractivity contribution in [2.24, 2.45) is 0 Å². The molecule has 7 N–H and O–H groups in total. The minimum atomic E-state index is -1.73. The van der Waals surface area contributed by atoms with Crippen LogP contribution in [0.4, 0.5) is 20.4 Å². The van der Waals surface area contributed by atoms with Crippen LogP contribution in [-0.2, 0) is 27.7 Å². The van der Waals surface area contributed by atoms with Crippen molar-refractivity contribution in [3.05, 3.63) is 128 Å². The second-order valence-corrected chi connectivity index (χ2v) is 14.4. The molecule has 370 valence electrons. The number of alkyl halides is 2. The molecule has 21 nitrogen and oxygen atoms in total. The van der Waals surface area contributed by atoms with Crippen molar-refractivity contribution in [3.8, 4) is 0 Å². The summed E-state index contributed by atoms with van der Waals surface area (Å²) in [5.74, 6) is -0.381. The number of H-pyrrole nitrogens is 1. The average molecular weight is 1030 g/mol. The van der Waals surface area contributed by atoms with Gasteiger partial charge in [0.2, 0.25) is 0 Å². The van der Waals surface area contributed by atoms with Crippen LogP contribution in [0.1, 0.15) is 61.4 Å². The van der Waals surface area contributed by atoms with Crippen molar-refractivity contribution in [2.75, 3.05) is 17.2 Å². The van der Waals surface area contributed by atoms with Gasteiger partial charge in [0.15, 0.2) is 71.2 Å². The monoisotopic (exact) mass is 1030 g/mol. The maximum atomic E-state index is 14.9. The molecular weight excluding hydrogens is 981 g/mol. The average Bonchev–Trinajstić information content (AvgIpc) is 4.12. The molecule has 69 heavy (non-hydrogen) atoms. The molecule has 2 aliphatic heterocycles. The van der Waals surface area contributed by atoms with E-state index in [9.17, 15) is 32.6 Å². The summed E-state index contributed by atoms with van der Waals surface area (Å²) in [7, 11) is -1.33. The topological polar surface area (TPSA) is 286 Å². The second kappa shape index (κ2) is 28.6. The van der Waals surface area contributed by atoms with E-state index in [4.69, 9.17) is 18.5 Å². The van der Waals surface area contributed by atoms with Gasteiger partial charge in [-0.3, -0.25) is 27.8 Å². The third kappa shape index (κ3) is 13.7. The molecule has 2 aliphatic rings. The lowest BCUT2D eigenvalue weighted by Crippen LogP contribution is -2.31. The van der Waals surface area contributed by atoms with Gasteiger partial charge in [0, 0.05) is 23.3 Å². The third-order valence-electron chi connectivity index (χ3n) is 9.85. The molecule has 0 bridgehead atoms. The van der Waals surface area contributed by atoms with E-state index in [0.717, 1.165) is 0 Å². The summed E-state index contributed by atoms with van der Waals surface area (Å²) in [5.41, 5.74) is 1.94. The van der Waals surface area contributed by atoms with Crippen molar-refractivity contribution in [1.29, 1.82) is 0 Å². The first-order valence-electron chi connectivity index (χ1n) is 19.4. The van der Waals surface area contributed by atoms with E-state index in [1.54, 1.807) is 54.6 Å². The van der Waals surface area contributed by atoms with Gasteiger partial charge in [-0.15, -0.1) is 0 Å². The Hall–Kier alpha value is -5.85. The Bertz CT molecular complexity index is 2480. The Kier molecular flexibility index (Phi) is 24.6. The number of pyridine rings is 1. The number of carbonyl (C=O) groups is 2. The Morgan fingerprint density at radius 2 is 1.09 bits per heavy atom. The highest BCUT2D eigenvalue weighted by molar-refractivity contribution is 7.59. The number of imidazole rings is 2. The van der Waals surface area contributed by atoms with Crippen LogP contribution in [0.3, 0.4) is 0 Å². The summed E-state index contributed by atoms with van der Waals surface area (Å²) < 4.78 is 75.1. The number of carbonyl (C=O) groups excluding carboxylic acids is 2. The summed E-state index contributed by atoms with van der Waals surface area (Å²) in [6.45, 7) is 1.31. The molecule has 2 fully saturated rings. The number of benzene rings is 2. The number of aliphatic hydroxyl groups excluding tert-OH is 1. The molecule has 9 rings (SSSR count). The van der Waals surface area contributed by atoms with E-state index in [2.05, 4.69) is 45.5 Å². The number of nitrogens with one attached hydrogen (secondary N) is 3. The number of aliphatic hydroxyl groups is 1. The van der Waals surface area contributed by atoms with Gasteiger partial charge in [-0.05, 0) is 30.7 Å². The summed E-state index contributed by atoms with van der Waals surface area (Å²) in [5, 5.41) is 14.7. The Morgan fingerprint density at radius 1 is 0.681 bits per heavy atom. The van der Waals surface area contributed by atoms with Gasteiger partial charge in [0.1, 0.15) is 31.0 Å². The number of aromatic amines is 1. The number of rotatable bonds is 12. The SMILES string of the molecule is C.C.CC[C@H]1O[C@@H](n2cnc3c(NC(=O)c4ccccc4)ncnc32)[C@@H](F)[C@@H]1OP=O.N.O=PO[C@H]1[C@H](F)[C@H](n2cnc3c(NC(=O)c4ccccc4)ncnc32)O[C@@H]1CO.S.S.c1cc[nH+]cc1. The van der Waals surface area contributed by atoms with E-state index in [0.29, 0.717) is 28.7 Å². The van der Waals surface area contributed by atoms with Crippen LogP contribution < -0.4 is 21.8 Å². The number of aromatic nitrogens is 9. The fourth-order valence-corrected chi connectivity index (χ4v) is 7.51. The van der Waals surface area contributed by atoms with Gasteiger partial charge in [0.05, 0.1) is 25.4 Å². The molecule has 5 aromatic heterocycles. The first kappa shape index (κ1) is 59.3. The minimum absolute atomic E-state index is 0. The van der Waals surface area contributed by atoms with Crippen LogP contribution >= 0.6 is 44.4 Å². The number of ether oxygens (including phenoxy) is 2. The number of fused-ring (bicyclic) bond motifs is 2. The van der Waals surface area contributed by atoms with Gasteiger partial charge < -0.3 is 31.4 Å². The lowest BCUT2D eigenvalue weighted by molar-refractivity contribution is -0.377. The number of halogens is 2. The third-order valence-corrected chi connectivity index (χ3v) is 10.5. The molecule has 7 aromatic rings. The highest BCUT2D eigenvalue weighted by Crippen LogP contribution is 2.39. The molecule has 0 unspecified atom stereocenters. The number of amides is 2. The fraction of sp³-hybridized carbons (Fsp3) is 0.310. The maximum absolute atomic E-state index is 14.9. The normalized spacial score (nSPS) is 21.0. The summed E-state index contributed by atoms with van der Waals surface area (Å²) >= 11 is 0. The summed E-state index contributed by atoms with van der Waals surface area (Å²) in [4.78, 5) is 52.6. The highest BCUT2D eigenvalue weighted by Gasteiger charge is 2.48. The second-order valence-electron chi connectivity index (χ2n) is 13.7. The van der Waals surface area contributed by atoms with Crippen LogP contribution in [0.5, 0.6) is 0 Å². The number of hydrogen-bond donors (Lipinski definition) is 4. The van der Waals surface area contributed by atoms with Crippen molar-refractivity contribution in [2.45, 2.75) is 77.4 Å². The van der Waals surface area contributed by atoms with Crippen molar-refractivity contribution < 1.29 is 56.1 Å². The van der Waals surface area contributed by atoms with Gasteiger partial charge in [0.25, 0.3) is 11.8 Å². The predicted octanol–water partition coefficient (Wildman–Crippen LogP) is 7.37. The van der Waals surface area contributed by atoms with Crippen LogP contribution in [0.25, 0.3) is 22.3 Å². The van der Waals surface area contributed by atoms with Gasteiger partial charge in [-0.1, -0.05) is 64.2 Å². The van der Waals surface area contributed by atoms with Crippen LogP contribution in [0.2, 0.25) is 0 Å². The first-order valence-corrected chi connectivity index (χ1v) is 20.9.